The highest BCUT2D eigenvalue weighted by atomic mass is 15.1. The van der Waals surface area contributed by atoms with Crippen LogP contribution in [-0.2, 0) is 0 Å². The second-order valence-corrected chi connectivity index (χ2v) is 5.89. The number of pyridine rings is 2. The van der Waals surface area contributed by atoms with Gasteiger partial charge in [0.2, 0.25) is 0 Å². The van der Waals surface area contributed by atoms with Gasteiger partial charge in [-0.3, -0.25) is 0 Å². The molecule has 5 rings (SSSR count). The first-order chi connectivity index (χ1) is 11.9. The smallest absolute Gasteiger partial charge is 0.202 e. The van der Waals surface area contributed by atoms with Gasteiger partial charge in [-0.25, -0.2) is 17.9 Å². The Hall–Kier alpha value is -3.40. The van der Waals surface area contributed by atoms with Crippen LogP contribution in [-0.4, -0.2) is 8.80 Å². The van der Waals surface area contributed by atoms with Crippen molar-refractivity contribution in [2.75, 3.05) is 0 Å². The predicted octanol–water partition coefficient (Wildman–Crippen LogP) is 2.75. The van der Waals surface area contributed by atoms with Crippen molar-refractivity contribution in [3.05, 3.63) is 98.1 Å². The molecule has 0 aliphatic rings. The average molecular weight is 312 g/mol. The Morgan fingerprint density at radius 2 is 1.00 bits per heavy atom. The van der Waals surface area contributed by atoms with E-state index in [1.165, 1.54) is 11.0 Å². The summed E-state index contributed by atoms with van der Waals surface area (Å²) in [5.74, 6) is 0. The van der Waals surface area contributed by atoms with Crippen LogP contribution >= 0.6 is 0 Å². The Morgan fingerprint density at radius 1 is 0.542 bits per heavy atom. The molecule has 0 spiro atoms. The van der Waals surface area contributed by atoms with E-state index in [0.717, 1.165) is 11.4 Å². The minimum Gasteiger partial charge on any atom is -0.202 e. The largest absolute Gasteiger partial charge is 0.254 e. The Labute approximate surface area is 139 Å². The van der Waals surface area contributed by atoms with Gasteiger partial charge in [-0.15, -0.1) is 0 Å². The van der Waals surface area contributed by atoms with Crippen LogP contribution in [0.4, 0.5) is 0 Å². The fraction of sp³-hybridized carbons (Fsp3) is 0. The zero-order chi connectivity index (χ0) is 15.9. The summed E-state index contributed by atoms with van der Waals surface area (Å²) in [6, 6.07) is 21.0. The SMILES string of the molecule is c1ccn2c[n+](-c3ccc(-[n+]4cc5ccccn5c4)cc3)cc2c1. The highest BCUT2D eigenvalue weighted by molar-refractivity contribution is 5.44. The van der Waals surface area contributed by atoms with E-state index in [1.54, 1.807) is 0 Å². The number of rotatable bonds is 2. The summed E-state index contributed by atoms with van der Waals surface area (Å²) in [6.45, 7) is 0. The van der Waals surface area contributed by atoms with Gasteiger partial charge >= 0.3 is 0 Å². The molecule has 4 nitrogen and oxygen atoms in total. The van der Waals surface area contributed by atoms with Gasteiger partial charge in [0.1, 0.15) is 23.8 Å². The molecule has 0 radical (unpaired) electrons. The monoisotopic (exact) mass is 312 g/mol. The summed E-state index contributed by atoms with van der Waals surface area (Å²) >= 11 is 0. The van der Waals surface area contributed by atoms with Crippen LogP contribution in [0.3, 0.4) is 0 Å². The number of imidazole rings is 2. The topological polar surface area (TPSA) is 16.6 Å². The van der Waals surface area contributed by atoms with Gasteiger partial charge in [0, 0.05) is 0 Å². The number of hydrogen-bond acceptors (Lipinski definition) is 0. The number of aromatic nitrogens is 4. The lowest BCUT2D eigenvalue weighted by molar-refractivity contribution is -0.597. The number of hydrogen-bond donors (Lipinski definition) is 0. The summed E-state index contributed by atoms with van der Waals surface area (Å²) in [6.07, 6.45) is 12.6. The zero-order valence-corrected chi connectivity index (χ0v) is 13.0. The molecular weight excluding hydrogens is 296 g/mol. The highest BCUT2D eigenvalue weighted by Crippen LogP contribution is 2.08. The molecule has 0 saturated heterocycles. The van der Waals surface area contributed by atoms with Crippen LogP contribution in [0.15, 0.2) is 98.1 Å². The molecule has 0 unspecified atom stereocenters. The van der Waals surface area contributed by atoms with Crippen molar-refractivity contribution >= 4 is 11.0 Å². The lowest BCUT2D eigenvalue weighted by atomic mass is 10.2. The predicted molar refractivity (Wildman–Crippen MR) is 91.4 cm³/mol. The molecule has 0 atom stereocenters. The maximum Gasteiger partial charge on any atom is 0.254 e. The molecule has 4 heteroatoms. The van der Waals surface area contributed by atoms with E-state index < -0.39 is 0 Å². The molecule has 0 saturated carbocycles. The summed E-state index contributed by atoms with van der Waals surface area (Å²) in [5, 5.41) is 0. The maximum absolute atomic E-state index is 2.14. The van der Waals surface area contributed by atoms with Gasteiger partial charge in [0.15, 0.2) is 11.0 Å². The number of nitrogens with zero attached hydrogens (tertiary/aromatic N) is 4. The van der Waals surface area contributed by atoms with E-state index in [4.69, 9.17) is 0 Å². The van der Waals surface area contributed by atoms with Crippen LogP contribution < -0.4 is 9.13 Å². The van der Waals surface area contributed by atoms with Crippen molar-refractivity contribution in [3.8, 4) is 11.4 Å². The van der Waals surface area contributed by atoms with Crippen LogP contribution in [0.25, 0.3) is 22.4 Å². The molecule has 0 aliphatic heterocycles. The second-order valence-electron chi connectivity index (χ2n) is 5.89. The summed E-state index contributed by atoms with van der Waals surface area (Å²) in [4.78, 5) is 0. The number of benzene rings is 1. The van der Waals surface area contributed by atoms with E-state index in [-0.39, 0.29) is 0 Å². The van der Waals surface area contributed by atoms with Gasteiger partial charge in [-0.1, -0.05) is 12.1 Å². The molecule has 5 aromatic rings. The average Bonchev–Trinajstić information content (AvgIpc) is 3.25. The van der Waals surface area contributed by atoms with E-state index in [9.17, 15) is 0 Å². The lowest BCUT2D eigenvalue weighted by Gasteiger charge is -1.97. The molecular formula is C20H16N4+2. The third-order valence-electron chi connectivity index (χ3n) is 4.33. The minimum atomic E-state index is 1.15. The normalized spacial score (nSPS) is 11.3. The molecule has 114 valence electrons. The van der Waals surface area contributed by atoms with E-state index in [2.05, 4.69) is 104 Å². The van der Waals surface area contributed by atoms with Crippen LogP contribution in [0, 0.1) is 0 Å². The molecule has 4 aromatic heterocycles. The van der Waals surface area contributed by atoms with E-state index in [1.807, 2.05) is 12.1 Å². The van der Waals surface area contributed by atoms with Gasteiger partial charge in [-0.05, 0) is 48.5 Å². The zero-order valence-electron chi connectivity index (χ0n) is 13.0. The van der Waals surface area contributed by atoms with Crippen molar-refractivity contribution < 1.29 is 9.13 Å². The molecule has 24 heavy (non-hydrogen) atoms. The Bertz CT molecular complexity index is 990. The quantitative estimate of drug-likeness (QED) is 0.446. The van der Waals surface area contributed by atoms with Crippen molar-refractivity contribution in [1.29, 1.82) is 0 Å². The molecule has 0 N–H and O–H groups in total. The van der Waals surface area contributed by atoms with Crippen LogP contribution in [0.2, 0.25) is 0 Å². The Kier molecular flexibility index (Phi) is 2.76. The molecule has 0 fully saturated rings. The van der Waals surface area contributed by atoms with Crippen molar-refractivity contribution in [1.82, 2.24) is 8.80 Å². The third kappa shape index (κ3) is 2.08. The van der Waals surface area contributed by atoms with Crippen LogP contribution in [0.1, 0.15) is 0 Å². The van der Waals surface area contributed by atoms with Crippen molar-refractivity contribution in [2.45, 2.75) is 0 Å². The third-order valence-corrected chi connectivity index (χ3v) is 4.33. The number of fused-ring (bicyclic) bond motifs is 2. The minimum absolute atomic E-state index is 1.15. The molecule has 4 heterocycles. The molecule has 0 bridgehead atoms. The summed E-state index contributed by atoms with van der Waals surface area (Å²) in [7, 11) is 0. The Balaban J connectivity index is 1.54. The Morgan fingerprint density at radius 3 is 1.42 bits per heavy atom. The van der Waals surface area contributed by atoms with Crippen molar-refractivity contribution in [3.63, 3.8) is 0 Å². The van der Waals surface area contributed by atoms with Crippen LogP contribution in [0.5, 0.6) is 0 Å². The van der Waals surface area contributed by atoms with Gasteiger partial charge < -0.3 is 0 Å². The molecule has 0 aliphatic carbocycles. The van der Waals surface area contributed by atoms with E-state index in [0.29, 0.717) is 0 Å². The standard InChI is InChI=1S/C20H16N4/c1-3-11-21-15-23(13-19(21)5-1)17-7-9-18(10-8-17)24-14-20-6-2-4-12-22(20)16-24/h1-16H/q+2. The maximum atomic E-state index is 2.14. The van der Waals surface area contributed by atoms with E-state index >= 15 is 0 Å². The second kappa shape index (κ2) is 5.06. The van der Waals surface area contributed by atoms with Gasteiger partial charge in [-0.2, -0.15) is 0 Å². The fourth-order valence-electron chi connectivity index (χ4n) is 3.07. The summed E-state index contributed by atoms with van der Waals surface area (Å²) < 4.78 is 8.51. The summed E-state index contributed by atoms with van der Waals surface area (Å²) in [5.41, 5.74) is 4.64. The van der Waals surface area contributed by atoms with Gasteiger partial charge in [0.05, 0.1) is 12.4 Å². The first kappa shape index (κ1) is 13.1. The first-order valence-electron chi connectivity index (χ1n) is 7.94. The molecule has 0 amide bonds. The molecule has 1 aromatic carbocycles. The first-order valence-corrected chi connectivity index (χ1v) is 7.94. The van der Waals surface area contributed by atoms with Crippen molar-refractivity contribution in [2.24, 2.45) is 0 Å². The fourth-order valence-corrected chi connectivity index (χ4v) is 3.07. The highest BCUT2D eigenvalue weighted by Gasteiger charge is 2.11. The van der Waals surface area contributed by atoms with Gasteiger partial charge in [0.25, 0.3) is 12.7 Å². The lowest BCUT2D eigenvalue weighted by Crippen LogP contribution is -2.29.